The minimum atomic E-state index is 0.0280. The number of urea groups is 1. The molecule has 1 aromatic rings. The van der Waals surface area contributed by atoms with Crippen molar-refractivity contribution in [1.29, 1.82) is 0 Å². The molecule has 1 saturated carbocycles. The van der Waals surface area contributed by atoms with Gasteiger partial charge in [-0.3, -0.25) is 4.79 Å². The van der Waals surface area contributed by atoms with Gasteiger partial charge < -0.3 is 15.1 Å². The molecule has 0 aromatic heterocycles. The van der Waals surface area contributed by atoms with E-state index < -0.39 is 0 Å². The maximum absolute atomic E-state index is 12.6. The van der Waals surface area contributed by atoms with Gasteiger partial charge in [0.05, 0.1) is 0 Å². The highest BCUT2D eigenvalue weighted by atomic mass is 16.2. The molecule has 1 aliphatic heterocycles. The maximum Gasteiger partial charge on any atom is 0.317 e. The van der Waals surface area contributed by atoms with E-state index in [2.05, 4.69) is 19.2 Å². The molecule has 5 heteroatoms. The van der Waals surface area contributed by atoms with Crippen LogP contribution in [0.2, 0.25) is 0 Å². The smallest absolute Gasteiger partial charge is 0.317 e. The molecule has 136 valence electrons. The Morgan fingerprint density at radius 3 is 2.08 bits per heavy atom. The van der Waals surface area contributed by atoms with Crippen LogP contribution in [-0.2, 0) is 0 Å². The van der Waals surface area contributed by atoms with Crippen LogP contribution in [0.4, 0.5) is 4.79 Å². The fourth-order valence-electron chi connectivity index (χ4n) is 3.64. The van der Waals surface area contributed by atoms with E-state index in [0.29, 0.717) is 38.1 Å². The van der Waals surface area contributed by atoms with Gasteiger partial charge in [0.2, 0.25) is 0 Å². The summed E-state index contributed by atoms with van der Waals surface area (Å²) in [4.78, 5) is 28.6. The van der Waals surface area contributed by atoms with E-state index in [1.165, 1.54) is 18.4 Å². The van der Waals surface area contributed by atoms with Crippen molar-refractivity contribution in [3.8, 4) is 0 Å². The van der Waals surface area contributed by atoms with Crippen molar-refractivity contribution in [2.24, 2.45) is 0 Å². The minimum absolute atomic E-state index is 0.0280. The summed E-state index contributed by atoms with van der Waals surface area (Å²) in [5.74, 6) is 0.525. The predicted molar refractivity (Wildman–Crippen MR) is 98.8 cm³/mol. The Kier molecular flexibility index (Phi) is 5.61. The van der Waals surface area contributed by atoms with Gasteiger partial charge in [0.25, 0.3) is 5.91 Å². The van der Waals surface area contributed by atoms with Gasteiger partial charge >= 0.3 is 6.03 Å². The first-order valence-corrected chi connectivity index (χ1v) is 9.49. The van der Waals surface area contributed by atoms with E-state index in [4.69, 9.17) is 0 Å². The zero-order chi connectivity index (χ0) is 17.8. The molecule has 3 amide bonds. The van der Waals surface area contributed by atoms with E-state index in [9.17, 15) is 9.59 Å². The van der Waals surface area contributed by atoms with Crippen LogP contribution >= 0.6 is 0 Å². The highest BCUT2D eigenvalue weighted by Crippen LogP contribution is 2.19. The van der Waals surface area contributed by atoms with E-state index >= 15 is 0 Å². The molecule has 3 rings (SSSR count). The zero-order valence-corrected chi connectivity index (χ0v) is 15.3. The van der Waals surface area contributed by atoms with Crippen molar-refractivity contribution < 1.29 is 9.59 Å². The minimum Gasteiger partial charge on any atom is -0.335 e. The Bertz CT molecular complexity index is 598. The van der Waals surface area contributed by atoms with Crippen molar-refractivity contribution in [2.45, 2.75) is 51.5 Å². The Morgan fingerprint density at radius 1 is 0.960 bits per heavy atom. The summed E-state index contributed by atoms with van der Waals surface area (Å²) in [7, 11) is 0. The Labute approximate surface area is 150 Å². The summed E-state index contributed by atoms with van der Waals surface area (Å²) < 4.78 is 0. The molecule has 0 atom stereocenters. The molecular formula is C20H29N3O2. The van der Waals surface area contributed by atoms with E-state index in [-0.39, 0.29) is 11.9 Å². The Morgan fingerprint density at radius 2 is 1.52 bits per heavy atom. The number of benzene rings is 1. The molecule has 2 fully saturated rings. The summed E-state index contributed by atoms with van der Waals surface area (Å²) in [6.07, 6.45) is 4.61. The first-order valence-electron chi connectivity index (χ1n) is 9.49. The lowest BCUT2D eigenvalue weighted by Crippen LogP contribution is -2.54. The van der Waals surface area contributed by atoms with Gasteiger partial charge in [0, 0.05) is 37.8 Å². The number of nitrogens with one attached hydrogen (secondary N) is 1. The first kappa shape index (κ1) is 17.8. The molecule has 5 nitrogen and oxygen atoms in total. The van der Waals surface area contributed by atoms with Crippen molar-refractivity contribution in [3.05, 3.63) is 35.4 Å². The molecule has 0 spiro atoms. The second-order valence-electron chi connectivity index (χ2n) is 7.49. The number of carbonyl (C=O) groups is 2. The standard InChI is InChI=1S/C20H29N3O2/c1-15(2)16-7-9-17(10-8-16)19(24)22-11-13-23(14-12-22)20(25)21-18-5-3-4-6-18/h7-10,15,18H,3-6,11-14H2,1-2H3,(H,21,25). The SMILES string of the molecule is CC(C)c1ccc(C(=O)N2CCN(C(=O)NC3CCCC3)CC2)cc1. The average Bonchev–Trinajstić information content (AvgIpc) is 3.14. The number of rotatable bonds is 3. The summed E-state index contributed by atoms with van der Waals surface area (Å²) in [5.41, 5.74) is 1.97. The lowest BCUT2D eigenvalue weighted by atomic mass is 10.0. The number of hydrogen-bond donors (Lipinski definition) is 1. The summed E-state index contributed by atoms with van der Waals surface area (Å²) in [5, 5.41) is 3.12. The number of hydrogen-bond acceptors (Lipinski definition) is 2. The summed E-state index contributed by atoms with van der Waals surface area (Å²) in [6.45, 7) is 6.70. The number of amides is 3. The molecule has 1 heterocycles. The van der Waals surface area contributed by atoms with Crippen molar-refractivity contribution in [3.63, 3.8) is 0 Å². The first-order chi connectivity index (χ1) is 12.0. The quantitative estimate of drug-likeness (QED) is 0.916. The number of carbonyl (C=O) groups excluding carboxylic acids is 2. The van der Waals surface area contributed by atoms with E-state index in [0.717, 1.165) is 18.4 Å². The molecule has 1 aromatic carbocycles. The molecule has 2 aliphatic rings. The van der Waals surface area contributed by atoms with Crippen molar-refractivity contribution >= 4 is 11.9 Å². The molecular weight excluding hydrogens is 314 g/mol. The van der Waals surface area contributed by atoms with Crippen LogP contribution in [-0.4, -0.2) is 54.0 Å². The third-order valence-corrected chi connectivity index (χ3v) is 5.36. The summed E-state index contributed by atoms with van der Waals surface area (Å²) >= 11 is 0. The van der Waals surface area contributed by atoms with Gasteiger partial charge in [0.15, 0.2) is 0 Å². The Hall–Kier alpha value is -2.04. The third kappa shape index (κ3) is 4.33. The fraction of sp³-hybridized carbons (Fsp3) is 0.600. The lowest BCUT2D eigenvalue weighted by molar-refractivity contribution is 0.0663. The molecule has 0 bridgehead atoms. The topological polar surface area (TPSA) is 52.7 Å². The monoisotopic (exact) mass is 343 g/mol. The normalized spacial score (nSPS) is 18.7. The van der Waals surface area contributed by atoms with Gasteiger partial charge in [-0.15, -0.1) is 0 Å². The summed E-state index contributed by atoms with van der Waals surface area (Å²) in [6, 6.07) is 8.26. The second kappa shape index (κ2) is 7.89. The molecule has 25 heavy (non-hydrogen) atoms. The van der Waals surface area contributed by atoms with Gasteiger partial charge in [-0.25, -0.2) is 4.79 Å². The van der Waals surface area contributed by atoms with Crippen LogP contribution in [0.15, 0.2) is 24.3 Å². The largest absolute Gasteiger partial charge is 0.335 e. The highest BCUT2D eigenvalue weighted by molar-refractivity contribution is 5.94. The van der Waals surface area contributed by atoms with E-state index in [1.54, 1.807) is 0 Å². The average molecular weight is 343 g/mol. The van der Waals surface area contributed by atoms with Gasteiger partial charge in [0.1, 0.15) is 0 Å². The van der Waals surface area contributed by atoms with Crippen LogP contribution < -0.4 is 5.32 Å². The number of nitrogens with zero attached hydrogens (tertiary/aromatic N) is 2. The van der Waals surface area contributed by atoms with Gasteiger partial charge in [-0.1, -0.05) is 38.8 Å². The van der Waals surface area contributed by atoms with Crippen LogP contribution in [0.5, 0.6) is 0 Å². The Balaban J connectivity index is 1.51. The van der Waals surface area contributed by atoms with Crippen LogP contribution in [0.3, 0.4) is 0 Å². The van der Waals surface area contributed by atoms with Crippen LogP contribution in [0.1, 0.15) is 61.4 Å². The van der Waals surface area contributed by atoms with Gasteiger partial charge in [-0.05, 0) is 36.5 Å². The van der Waals surface area contributed by atoms with Crippen LogP contribution in [0.25, 0.3) is 0 Å². The third-order valence-electron chi connectivity index (χ3n) is 5.36. The molecule has 1 N–H and O–H groups in total. The maximum atomic E-state index is 12.6. The zero-order valence-electron chi connectivity index (χ0n) is 15.3. The molecule has 1 saturated heterocycles. The van der Waals surface area contributed by atoms with Crippen LogP contribution in [0, 0.1) is 0 Å². The number of piperazine rings is 1. The van der Waals surface area contributed by atoms with Crippen molar-refractivity contribution in [2.75, 3.05) is 26.2 Å². The van der Waals surface area contributed by atoms with Crippen molar-refractivity contribution in [1.82, 2.24) is 15.1 Å². The molecule has 0 unspecified atom stereocenters. The van der Waals surface area contributed by atoms with E-state index in [1.807, 2.05) is 34.1 Å². The van der Waals surface area contributed by atoms with Gasteiger partial charge in [-0.2, -0.15) is 0 Å². The molecule has 1 aliphatic carbocycles. The molecule has 0 radical (unpaired) electrons. The fourth-order valence-corrected chi connectivity index (χ4v) is 3.64. The predicted octanol–water partition coefficient (Wildman–Crippen LogP) is 3.22. The highest BCUT2D eigenvalue weighted by Gasteiger charge is 2.26. The second-order valence-corrected chi connectivity index (χ2v) is 7.49. The lowest BCUT2D eigenvalue weighted by Gasteiger charge is -2.35.